The van der Waals surface area contributed by atoms with Crippen molar-refractivity contribution in [3.8, 4) is 0 Å². The van der Waals surface area contributed by atoms with E-state index in [1.165, 1.54) is 59.0 Å². The van der Waals surface area contributed by atoms with Gasteiger partial charge in [-0.15, -0.1) is 0 Å². The van der Waals surface area contributed by atoms with Gasteiger partial charge >= 0.3 is 0 Å². The molecule has 0 bridgehead atoms. The minimum Gasteiger partial charge on any atom is -0.151 e. The summed E-state index contributed by atoms with van der Waals surface area (Å²) in [7, 11) is 0. The minimum atomic E-state index is 0.176. The number of benzene rings is 1. The first kappa shape index (κ1) is 34.9. The standard InChI is InChI=1S/C35H64S2/c1-26-16-29(32(7,8)9)18-30(17-26)35(14,15)24-34(12,13)20-28(3)22-37-25-36-21-27(2)19-33(10,11)23-31(4,5)6/h16-18,27-28H,19-25H2,1-15H3. The molecule has 0 N–H and O–H groups in total. The predicted molar refractivity (Wildman–Crippen MR) is 177 cm³/mol. The molecule has 0 aromatic heterocycles. The molecule has 0 aliphatic heterocycles. The van der Waals surface area contributed by atoms with E-state index in [0.717, 1.165) is 11.8 Å². The van der Waals surface area contributed by atoms with Crippen molar-refractivity contribution < 1.29 is 0 Å². The maximum atomic E-state index is 2.49. The van der Waals surface area contributed by atoms with Gasteiger partial charge in [0.2, 0.25) is 0 Å². The molecule has 0 nitrogen and oxygen atoms in total. The Bertz CT molecular complexity index is 817. The maximum absolute atomic E-state index is 2.49. The summed E-state index contributed by atoms with van der Waals surface area (Å²) in [6.45, 7) is 36.1. The number of thioether (sulfide) groups is 2. The van der Waals surface area contributed by atoms with Gasteiger partial charge in [-0.05, 0) is 94.2 Å². The Morgan fingerprint density at radius 1 is 0.622 bits per heavy atom. The Labute approximate surface area is 242 Å². The van der Waals surface area contributed by atoms with Crippen LogP contribution in [-0.2, 0) is 10.8 Å². The van der Waals surface area contributed by atoms with Gasteiger partial charge in [0.05, 0.1) is 0 Å². The summed E-state index contributed by atoms with van der Waals surface area (Å²) in [5.74, 6) is 4.12. The third-order valence-electron chi connectivity index (χ3n) is 7.43. The molecule has 1 aromatic rings. The highest BCUT2D eigenvalue weighted by Crippen LogP contribution is 2.42. The first-order valence-electron chi connectivity index (χ1n) is 14.8. The minimum absolute atomic E-state index is 0.176. The highest BCUT2D eigenvalue weighted by atomic mass is 32.2. The zero-order valence-corrected chi connectivity index (χ0v) is 29.3. The summed E-state index contributed by atoms with van der Waals surface area (Å²) in [6, 6.07) is 7.27. The number of hydrogen-bond donors (Lipinski definition) is 0. The van der Waals surface area contributed by atoms with Crippen molar-refractivity contribution >= 4 is 23.5 Å². The van der Waals surface area contributed by atoms with Gasteiger partial charge in [-0.1, -0.05) is 121 Å². The van der Waals surface area contributed by atoms with Gasteiger partial charge in [-0.3, -0.25) is 0 Å². The Hall–Kier alpha value is -0.0800. The summed E-state index contributed by atoms with van der Waals surface area (Å²) >= 11 is 4.31. The van der Waals surface area contributed by atoms with E-state index in [0.29, 0.717) is 16.2 Å². The molecule has 2 atom stereocenters. The SMILES string of the molecule is Cc1cc(C(C)(C)C)cc(C(C)(C)CC(C)(C)CC(C)CSCSCC(C)CC(C)(C)CC(C)(C)C)c1. The van der Waals surface area contributed by atoms with Crippen LogP contribution in [0.25, 0.3) is 0 Å². The molecule has 0 aliphatic carbocycles. The molecule has 0 aliphatic rings. The molecule has 2 heteroatoms. The predicted octanol–water partition coefficient (Wildman–Crippen LogP) is 11.9. The smallest absolute Gasteiger partial charge is 0.0392 e. The average Bonchev–Trinajstić information content (AvgIpc) is 2.62. The third kappa shape index (κ3) is 14.2. The highest BCUT2D eigenvalue weighted by Gasteiger charge is 2.32. The van der Waals surface area contributed by atoms with Crippen molar-refractivity contribution in [3.63, 3.8) is 0 Å². The lowest BCUT2D eigenvalue weighted by molar-refractivity contribution is 0.180. The molecule has 0 amide bonds. The highest BCUT2D eigenvalue weighted by molar-refractivity contribution is 8.15. The molecule has 0 saturated heterocycles. The van der Waals surface area contributed by atoms with Crippen molar-refractivity contribution in [2.45, 2.75) is 140 Å². The van der Waals surface area contributed by atoms with Crippen molar-refractivity contribution in [3.05, 3.63) is 34.9 Å². The molecule has 37 heavy (non-hydrogen) atoms. The Balaban J connectivity index is 2.53. The van der Waals surface area contributed by atoms with Crippen LogP contribution in [0.2, 0.25) is 0 Å². The molecule has 0 heterocycles. The lowest BCUT2D eigenvalue weighted by Crippen LogP contribution is -2.29. The van der Waals surface area contributed by atoms with Gasteiger partial charge < -0.3 is 0 Å². The van der Waals surface area contributed by atoms with Crippen molar-refractivity contribution in [1.82, 2.24) is 0 Å². The molecule has 2 unspecified atom stereocenters. The van der Waals surface area contributed by atoms with Gasteiger partial charge in [0.15, 0.2) is 0 Å². The van der Waals surface area contributed by atoms with E-state index in [2.05, 4.69) is 146 Å². The summed E-state index contributed by atoms with van der Waals surface area (Å²) in [5, 5.41) is 1.24. The molecule has 0 fully saturated rings. The monoisotopic (exact) mass is 548 g/mol. The second-order valence-corrected chi connectivity index (χ2v) is 19.4. The van der Waals surface area contributed by atoms with Crippen molar-refractivity contribution in [2.24, 2.45) is 28.1 Å². The second kappa shape index (κ2) is 13.5. The van der Waals surface area contributed by atoms with Crippen LogP contribution in [0.5, 0.6) is 0 Å². The van der Waals surface area contributed by atoms with Crippen LogP contribution in [0.3, 0.4) is 0 Å². The molecular weight excluding hydrogens is 485 g/mol. The Kier molecular flexibility index (Phi) is 12.8. The van der Waals surface area contributed by atoms with Crippen LogP contribution in [0.4, 0.5) is 0 Å². The van der Waals surface area contributed by atoms with Gasteiger partial charge in [-0.2, -0.15) is 23.5 Å². The van der Waals surface area contributed by atoms with Gasteiger partial charge in [-0.25, -0.2) is 0 Å². The second-order valence-electron chi connectivity index (χ2n) is 16.9. The normalized spacial score (nSPS) is 15.6. The van der Waals surface area contributed by atoms with Gasteiger partial charge in [0, 0.05) is 5.08 Å². The van der Waals surface area contributed by atoms with E-state index in [4.69, 9.17) is 0 Å². The quantitative estimate of drug-likeness (QED) is 0.167. The van der Waals surface area contributed by atoms with Crippen molar-refractivity contribution in [2.75, 3.05) is 16.6 Å². The molecule has 1 rings (SSSR count). The van der Waals surface area contributed by atoms with E-state index in [1.807, 2.05) is 0 Å². The lowest BCUT2D eigenvalue weighted by atomic mass is 9.68. The van der Waals surface area contributed by atoms with Crippen LogP contribution in [0, 0.1) is 35.0 Å². The first-order chi connectivity index (χ1) is 16.5. The van der Waals surface area contributed by atoms with Crippen LogP contribution >= 0.6 is 23.5 Å². The van der Waals surface area contributed by atoms with E-state index < -0.39 is 0 Å². The van der Waals surface area contributed by atoms with Crippen LogP contribution < -0.4 is 0 Å². The maximum Gasteiger partial charge on any atom is 0.0392 e. The number of rotatable bonds is 14. The van der Waals surface area contributed by atoms with E-state index in [1.54, 1.807) is 0 Å². The third-order valence-corrected chi connectivity index (χ3v) is 10.4. The Morgan fingerprint density at radius 3 is 1.49 bits per heavy atom. The van der Waals surface area contributed by atoms with Crippen LogP contribution in [0.1, 0.15) is 139 Å². The number of hydrogen-bond acceptors (Lipinski definition) is 2. The largest absolute Gasteiger partial charge is 0.151 e. The van der Waals surface area contributed by atoms with Crippen molar-refractivity contribution in [1.29, 1.82) is 0 Å². The first-order valence-corrected chi connectivity index (χ1v) is 17.1. The number of aryl methyl sites for hydroxylation is 1. The van der Waals surface area contributed by atoms with Gasteiger partial charge in [0.1, 0.15) is 0 Å². The Morgan fingerprint density at radius 2 is 1.05 bits per heavy atom. The van der Waals surface area contributed by atoms with Gasteiger partial charge in [0.25, 0.3) is 0 Å². The zero-order chi connectivity index (χ0) is 28.9. The summed E-state index contributed by atoms with van der Waals surface area (Å²) < 4.78 is 0. The summed E-state index contributed by atoms with van der Waals surface area (Å²) in [4.78, 5) is 0. The molecule has 1 aromatic carbocycles. The lowest BCUT2D eigenvalue weighted by Gasteiger charge is -2.38. The van der Waals surface area contributed by atoms with E-state index in [9.17, 15) is 0 Å². The molecule has 0 radical (unpaired) electrons. The topological polar surface area (TPSA) is 0 Å². The van der Waals surface area contributed by atoms with Crippen LogP contribution in [0.15, 0.2) is 18.2 Å². The fourth-order valence-electron chi connectivity index (χ4n) is 7.05. The fourth-order valence-corrected chi connectivity index (χ4v) is 9.33. The fraction of sp³-hybridized carbons (Fsp3) is 0.829. The molecule has 0 spiro atoms. The zero-order valence-electron chi connectivity index (χ0n) is 27.7. The average molecular weight is 549 g/mol. The van der Waals surface area contributed by atoms with E-state index in [-0.39, 0.29) is 10.8 Å². The van der Waals surface area contributed by atoms with Crippen LogP contribution in [-0.4, -0.2) is 16.6 Å². The molecule has 0 saturated carbocycles. The molecular formula is C35H64S2. The van der Waals surface area contributed by atoms with E-state index >= 15 is 0 Å². The molecule has 216 valence electrons. The summed E-state index contributed by atoms with van der Waals surface area (Å²) in [5.41, 5.74) is 5.91. The summed E-state index contributed by atoms with van der Waals surface area (Å²) in [6.07, 6.45) is 5.15.